The molecular weight excluding hydrogens is 410 g/mol. The van der Waals surface area contributed by atoms with Crippen molar-refractivity contribution in [2.24, 2.45) is 5.41 Å². The van der Waals surface area contributed by atoms with Crippen molar-refractivity contribution < 1.29 is 28.6 Å². The van der Waals surface area contributed by atoms with Crippen LogP contribution in [0.4, 0.5) is 0 Å². The summed E-state index contributed by atoms with van der Waals surface area (Å²) >= 11 is 0. The summed E-state index contributed by atoms with van der Waals surface area (Å²) in [5, 5.41) is 3.31. The predicted octanol–water partition coefficient (Wildman–Crippen LogP) is 3.80. The number of rotatable bonds is 7. The summed E-state index contributed by atoms with van der Waals surface area (Å²) in [7, 11) is 0. The number of hydrogen-bond acceptors (Lipinski definition) is 7. The molecule has 1 N–H and O–H groups in total. The third-order valence-corrected chi connectivity index (χ3v) is 5.60. The fourth-order valence-corrected chi connectivity index (χ4v) is 4.35. The number of esters is 2. The second-order valence-electron chi connectivity index (χ2n) is 8.93. The third-order valence-electron chi connectivity index (χ3n) is 5.60. The molecule has 2 aliphatic rings. The molecule has 0 radical (unpaired) electrons. The Bertz CT molecular complexity index is 971. The van der Waals surface area contributed by atoms with Crippen molar-refractivity contribution in [2.45, 2.75) is 53.4 Å². The van der Waals surface area contributed by atoms with Crippen LogP contribution in [0.3, 0.4) is 0 Å². The number of dihydropyridines is 1. The monoisotopic (exact) mass is 441 g/mol. The van der Waals surface area contributed by atoms with Gasteiger partial charge in [-0.15, -0.1) is 0 Å². The molecule has 0 saturated heterocycles. The van der Waals surface area contributed by atoms with Gasteiger partial charge in [-0.05, 0) is 43.4 Å². The molecule has 1 aliphatic heterocycles. The zero-order valence-corrected chi connectivity index (χ0v) is 19.4. The minimum absolute atomic E-state index is 0.0185. The number of carbonyl (C=O) groups excluding carboxylic acids is 3. The van der Waals surface area contributed by atoms with E-state index >= 15 is 0 Å². The molecule has 1 aromatic carbocycles. The normalized spacial score (nSPS) is 19.9. The molecule has 172 valence electrons. The van der Waals surface area contributed by atoms with E-state index in [0.29, 0.717) is 48.6 Å². The maximum absolute atomic E-state index is 13.3. The van der Waals surface area contributed by atoms with Gasteiger partial charge in [0.1, 0.15) is 12.4 Å². The Morgan fingerprint density at radius 1 is 1.12 bits per heavy atom. The first-order valence-electron chi connectivity index (χ1n) is 10.9. The molecule has 3 rings (SSSR count). The van der Waals surface area contributed by atoms with Crippen LogP contribution in [0.2, 0.25) is 0 Å². The summed E-state index contributed by atoms with van der Waals surface area (Å²) in [6, 6.07) is 6.91. The van der Waals surface area contributed by atoms with Gasteiger partial charge in [0.05, 0.1) is 12.2 Å². The molecule has 7 heteroatoms. The SMILES string of the molecule is CCOCCOC(=O)C1=C(C)NC2=C(C(=O)CC(C)(C)C2)C1c1ccc(OC(C)=O)cc1. The Kier molecular flexibility index (Phi) is 7.19. The fraction of sp³-hybridized carbons (Fsp3) is 0.480. The zero-order chi connectivity index (χ0) is 23.5. The summed E-state index contributed by atoms with van der Waals surface area (Å²) in [6.45, 7) is 10.2. The Labute approximate surface area is 188 Å². The number of hydrogen-bond donors (Lipinski definition) is 1. The molecular formula is C25H31NO6. The van der Waals surface area contributed by atoms with Gasteiger partial charge >= 0.3 is 11.9 Å². The van der Waals surface area contributed by atoms with Gasteiger partial charge in [-0.1, -0.05) is 26.0 Å². The van der Waals surface area contributed by atoms with Crippen molar-refractivity contribution in [3.05, 3.63) is 52.4 Å². The van der Waals surface area contributed by atoms with Crippen LogP contribution in [0.25, 0.3) is 0 Å². The minimum Gasteiger partial charge on any atom is -0.460 e. The van der Waals surface area contributed by atoms with E-state index in [-0.39, 0.29) is 17.8 Å². The van der Waals surface area contributed by atoms with E-state index in [1.807, 2.05) is 13.8 Å². The maximum Gasteiger partial charge on any atom is 0.336 e. The van der Waals surface area contributed by atoms with E-state index in [4.69, 9.17) is 14.2 Å². The predicted molar refractivity (Wildman–Crippen MR) is 119 cm³/mol. The highest BCUT2D eigenvalue weighted by Gasteiger charge is 2.43. The second kappa shape index (κ2) is 9.69. The smallest absolute Gasteiger partial charge is 0.336 e. The molecule has 0 fully saturated rings. The number of Topliss-reactive ketones (excluding diaryl/α,β-unsaturated/α-hetero) is 1. The van der Waals surface area contributed by atoms with Crippen LogP contribution in [0.1, 0.15) is 58.9 Å². The van der Waals surface area contributed by atoms with Crippen molar-refractivity contribution >= 4 is 17.7 Å². The van der Waals surface area contributed by atoms with Gasteiger partial charge in [-0.2, -0.15) is 0 Å². The molecule has 0 spiro atoms. The Hall–Kier alpha value is -2.93. The van der Waals surface area contributed by atoms with Crippen LogP contribution in [-0.2, 0) is 23.9 Å². The lowest BCUT2D eigenvalue weighted by atomic mass is 9.68. The first kappa shape index (κ1) is 23.7. The zero-order valence-electron chi connectivity index (χ0n) is 19.4. The molecule has 1 unspecified atom stereocenters. The number of allylic oxidation sites excluding steroid dienone is 3. The van der Waals surface area contributed by atoms with Crippen molar-refractivity contribution in [3.63, 3.8) is 0 Å². The summed E-state index contributed by atoms with van der Waals surface area (Å²) in [6.07, 6.45) is 1.11. The van der Waals surface area contributed by atoms with Gasteiger partial charge < -0.3 is 19.5 Å². The quantitative estimate of drug-likeness (QED) is 0.391. The molecule has 1 aromatic rings. The lowest BCUT2D eigenvalue weighted by Gasteiger charge is -2.39. The molecule has 0 saturated carbocycles. The van der Waals surface area contributed by atoms with Gasteiger partial charge in [-0.3, -0.25) is 9.59 Å². The highest BCUT2D eigenvalue weighted by atomic mass is 16.6. The number of nitrogens with one attached hydrogen (secondary N) is 1. The average molecular weight is 442 g/mol. The molecule has 7 nitrogen and oxygen atoms in total. The van der Waals surface area contributed by atoms with E-state index in [9.17, 15) is 14.4 Å². The Morgan fingerprint density at radius 2 is 1.81 bits per heavy atom. The Balaban J connectivity index is 2.01. The summed E-state index contributed by atoms with van der Waals surface area (Å²) in [5.74, 6) is -1.02. The third kappa shape index (κ3) is 5.27. The summed E-state index contributed by atoms with van der Waals surface area (Å²) in [5.41, 5.74) is 3.13. The molecule has 1 aliphatic carbocycles. The van der Waals surface area contributed by atoms with E-state index in [2.05, 4.69) is 19.2 Å². The van der Waals surface area contributed by atoms with Gasteiger partial charge in [0.25, 0.3) is 0 Å². The average Bonchev–Trinajstić information content (AvgIpc) is 2.69. The van der Waals surface area contributed by atoms with Crippen molar-refractivity contribution in [3.8, 4) is 5.75 Å². The largest absolute Gasteiger partial charge is 0.460 e. The molecule has 0 amide bonds. The first-order valence-corrected chi connectivity index (χ1v) is 10.9. The second-order valence-corrected chi connectivity index (χ2v) is 8.93. The van der Waals surface area contributed by atoms with Gasteiger partial charge in [-0.25, -0.2) is 4.79 Å². The number of ketones is 1. The van der Waals surface area contributed by atoms with Crippen LogP contribution >= 0.6 is 0 Å². The van der Waals surface area contributed by atoms with Crippen LogP contribution in [0, 0.1) is 5.41 Å². The van der Waals surface area contributed by atoms with Gasteiger partial charge in [0.2, 0.25) is 0 Å². The lowest BCUT2D eigenvalue weighted by Crippen LogP contribution is -2.38. The molecule has 1 heterocycles. The maximum atomic E-state index is 13.3. The van der Waals surface area contributed by atoms with E-state index in [1.165, 1.54) is 6.92 Å². The minimum atomic E-state index is -0.555. The van der Waals surface area contributed by atoms with Gasteiger partial charge in [0.15, 0.2) is 5.78 Å². The van der Waals surface area contributed by atoms with Crippen LogP contribution < -0.4 is 10.1 Å². The summed E-state index contributed by atoms with van der Waals surface area (Å²) < 4.78 is 15.9. The van der Waals surface area contributed by atoms with Crippen LogP contribution in [0.5, 0.6) is 5.75 Å². The van der Waals surface area contributed by atoms with Gasteiger partial charge in [0, 0.05) is 42.8 Å². The first-order chi connectivity index (χ1) is 15.1. The number of benzene rings is 1. The Morgan fingerprint density at radius 3 is 2.44 bits per heavy atom. The highest BCUT2D eigenvalue weighted by molar-refractivity contribution is 6.04. The van der Waals surface area contributed by atoms with E-state index < -0.39 is 17.9 Å². The number of carbonyl (C=O) groups is 3. The lowest BCUT2D eigenvalue weighted by molar-refractivity contribution is -0.141. The molecule has 0 aromatic heterocycles. The summed E-state index contributed by atoms with van der Waals surface area (Å²) in [4.78, 5) is 37.6. The number of ether oxygens (including phenoxy) is 3. The molecule has 32 heavy (non-hydrogen) atoms. The van der Waals surface area contributed by atoms with Crippen molar-refractivity contribution in [2.75, 3.05) is 19.8 Å². The molecule has 1 atom stereocenters. The topological polar surface area (TPSA) is 90.9 Å². The molecule has 0 bridgehead atoms. The van der Waals surface area contributed by atoms with Crippen molar-refractivity contribution in [1.82, 2.24) is 5.32 Å². The van der Waals surface area contributed by atoms with E-state index in [0.717, 1.165) is 11.3 Å². The van der Waals surface area contributed by atoms with Crippen LogP contribution in [-0.4, -0.2) is 37.5 Å². The van der Waals surface area contributed by atoms with Crippen molar-refractivity contribution in [1.29, 1.82) is 0 Å². The fourth-order valence-electron chi connectivity index (χ4n) is 4.35. The standard InChI is InChI=1S/C25H31NO6/c1-6-30-11-12-31-24(29)21-15(2)26-19-13-25(4,5)14-20(28)23(19)22(21)17-7-9-18(10-8-17)32-16(3)27/h7-10,22,26H,6,11-14H2,1-5H3. The van der Waals surface area contributed by atoms with Crippen LogP contribution in [0.15, 0.2) is 46.8 Å². The highest BCUT2D eigenvalue weighted by Crippen LogP contribution is 2.46. The van der Waals surface area contributed by atoms with E-state index in [1.54, 1.807) is 24.3 Å².